The van der Waals surface area contributed by atoms with Crippen molar-refractivity contribution in [2.45, 2.75) is 6.61 Å². The Balaban J connectivity index is 2.05. The van der Waals surface area contributed by atoms with Gasteiger partial charge in [-0.25, -0.2) is 4.39 Å². The van der Waals surface area contributed by atoms with Gasteiger partial charge in [0, 0.05) is 20.8 Å². The monoisotopic (exact) mass is 311 g/mol. The molecular weight excluding hydrogens is 305 g/mol. The third-order valence-electron chi connectivity index (χ3n) is 2.06. The number of hydrogen-bond donors (Lipinski definition) is 0. The second-order valence-corrected chi connectivity index (χ2v) is 5.18. The number of nitriles is 1. The van der Waals surface area contributed by atoms with Gasteiger partial charge >= 0.3 is 0 Å². The second-order valence-electron chi connectivity index (χ2n) is 3.27. The summed E-state index contributed by atoms with van der Waals surface area (Å²) in [7, 11) is 0. The van der Waals surface area contributed by atoms with Crippen LogP contribution in [0.3, 0.4) is 0 Å². The lowest BCUT2D eigenvalue weighted by atomic mass is 10.2. The lowest BCUT2D eigenvalue weighted by Gasteiger charge is -2.04. The SMILES string of the molecule is N#Cc1ccc(OCc2cc(Br)cs2)cc1F. The lowest BCUT2D eigenvalue weighted by molar-refractivity contribution is 0.308. The van der Waals surface area contributed by atoms with Crippen molar-refractivity contribution in [3.8, 4) is 11.8 Å². The third-order valence-corrected chi connectivity index (χ3v) is 3.73. The van der Waals surface area contributed by atoms with Gasteiger partial charge in [-0.15, -0.1) is 11.3 Å². The summed E-state index contributed by atoms with van der Waals surface area (Å²) in [5, 5.41) is 10.5. The van der Waals surface area contributed by atoms with Crippen LogP contribution in [0.1, 0.15) is 10.4 Å². The first-order valence-electron chi connectivity index (χ1n) is 4.74. The van der Waals surface area contributed by atoms with Gasteiger partial charge in [-0.3, -0.25) is 0 Å². The molecule has 17 heavy (non-hydrogen) atoms. The molecule has 0 saturated carbocycles. The maximum atomic E-state index is 13.3. The minimum Gasteiger partial charge on any atom is -0.488 e. The number of thiophene rings is 1. The van der Waals surface area contributed by atoms with Crippen LogP contribution in [0, 0.1) is 17.1 Å². The maximum Gasteiger partial charge on any atom is 0.144 e. The average molecular weight is 312 g/mol. The van der Waals surface area contributed by atoms with Crippen LogP contribution in [0.2, 0.25) is 0 Å². The molecular formula is C12H7BrFNOS. The van der Waals surface area contributed by atoms with E-state index in [0.29, 0.717) is 12.4 Å². The van der Waals surface area contributed by atoms with Crippen LogP contribution in [0.15, 0.2) is 34.1 Å². The molecule has 0 amide bonds. The van der Waals surface area contributed by atoms with Gasteiger partial charge in [0.05, 0.1) is 5.56 Å². The zero-order valence-electron chi connectivity index (χ0n) is 8.61. The minimum absolute atomic E-state index is 0.0243. The summed E-state index contributed by atoms with van der Waals surface area (Å²) in [6, 6.07) is 7.94. The van der Waals surface area contributed by atoms with Crippen molar-refractivity contribution >= 4 is 27.3 Å². The van der Waals surface area contributed by atoms with E-state index in [0.717, 1.165) is 9.35 Å². The molecule has 5 heteroatoms. The third kappa shape index (κ3) is 3.05. The van der Waals surface area contributed by atoms with E-state index in [1.54, 1.807) is 23.5 Å². The topological polar surface area (TPSA) is 33.0 Å². The van der Waals surface area contributed by atoms with Crippen molar-refractivity contribution in [3.05, 3.63) is 50.4 Å². The van der Waals surface area contributed by atoms with Gasteiger partial charge in [-0.1, -0.05) is 0 Å². The molecule has 0 radical (unpaired) electrons. The van der Waals surface area contributed by atoms with Crippen molar-refractivity contribution in [1.29, 1.82) is 5.26 Å². The lowest BCUT2D eigenvalue weighted by Crippen LogP contribution is -1.94. The van der Waals surface area contributed by atoms with E-state index in [1.165, 1.54) is 12.1 Å². The minimum atomic E-state index is -0.558. The van der Waals surface area contributed by atoms with E-state index in [-0.39, 0.29) is 5.56 Å². The summed E-state index contributed by atoms with van der Waals surface area (Å²) < 4.78 is 19.7. The summed E-state index contributed by atoms with van der Waals surface area (Å²) in [5.41, 5.74) is 0.0243. The number of rotatable bonds is 3. The van der Waals surface area contributed by atoms with E-state index in [1.807, 2.05) is 11.4 Å². The molecule has 0 fully saturated rings. The standard InChI is InChI=1S/C12H7BrFNOS/c13-9-3-11(17-7-9)6-16-10-2-1-8(5-15)12(14)4-10/h1-4,7H,6H2. The van der Waals surface area contributed by atoms with Crippen LogP contribution in [-0.4, -0.2) is 0 Å². The molecule has 2 nitrogen and oxygen atoms in total. The summed E-state index contributed by atoms with van der Waals surface area (Å²) in [4.78, 5) is 1.04. The smallest absolute Gasteiger partial charge is 0.144 e. The zero-order valence-corrected chi connectivity index (χ0v) is 11.0. The Hall–Kier alpha value is -1.38. The summed E-state index contributed by atoms with van der Waals surface area (Å²) in [5.74, 6) is -0.136. The van der Waals surface area contributed by atoms with Crippen molar-refractivity contribution in [1.82, 2.24) is 0 Å². The molecule has 0 N–H and O–H groups in total. The van der Waals surface area contributed by atoms with E-state index in [2.05, 4.69) is 15.9 Å². The van der Waals surface area contributed by atoms with Crippen LogP contribution >= 0.6 is 27.3 Å². The molecule has 0 spiro atoms. The Kier molecular flexibility index (Phi) is 3.77. The van der Waals surface area contributed by atoms with Gasteiger partial charge in [-0.2, -0.15) is 5.26 Å². The Bertz CT molecular complexity index is 576. The first-order chi connectivity index (χ1) is 8.19. The highest BCUT2D eigenvalue weighted by molar-refractivity contribution is 9.10. The van der Waals surface area contributed by atoms with Crippen LogP contribution in [-0.2, 0) is 6.61 Å². The second kappa shape index (κ2) is 5.30. The molecule has 0 aliphatic rings. The molecule has 0 saturated heterocycles. The Morgan fingerprint density at radius 2 is 2.24 bits per heavy atom. The summed E-state index contributed by atoms with van der Waals surface area (Å²) in [6.07, 6.45) is 0. The van der Waals surface area contributed by atoms with Crippen molar-refractivity contribution in [2.75, 3.05) is 0 Å². The zero-order chi connectivity index (χ0) is 12.3. The average Bonchev–Trinajstić information content (AvgIpc) is 2.73. The van der Waals surface area contributed by atoms with Crippen molar-refractivity contribution in [3.63, 3.8) is 0 Å². The Morgan fingerprint density at radius 3 is 2.82 bits per heavy atom. The van der Waals surface area contributed by atoms with Gasteiger partial charge in [0.1, 0.15) is 24.2 Å². The number of nitrogens with zero attached hydrogens (tertiary/aromatic N) is 1. The fourth-order valence-electron chi connectivity index (χ4n) is 1.26. The van der Waals surface area contributed by atoms with E-state index >= 15 is 0 Å². The highest BCUT2D eigenvalue weighted by Crippen LogP contribution is 2.22. The maximum absolute atomic E-state index is 13.3. The molecule has 0 unspecified atom stereocenters. The van der Waals surface area contributed by atoms with Crippen LogP contribution < -0.4 is 4.74 Å². The van der Waals surface area contributed by atoms with Crippen LogP contribution in [0.4, 0.5) is 4.39 Å². The van der Waals surface area contributed by atoms with Gasteiger partial charge in [0.2, 0.25) is 0 Å². The van der Waals surface area contributed by atoms with E-state index in [4.69, 9.17) is 10.00 Å². The molecule has 0 aliphatic heterocycles. The first kappa shape index (κ1) is 12.1. The summed E-state index contributed by atoms with van der Waals surface area (Å²) >= 11 is 4.91. The molecule has 2 aromatic rings. The normalized spacial score (nSPS) is 9.94. The van der Waals surface area contributed by atoms with Crippen molar-refractivity contribution < 1.29 is 9.13 Å². The van der Waals surface area contributed by atoms with Crippen molar-refractivity contribution in [2.24, 2.45) is 0 Å². The predicted octanol–water partition coefficient (Wildman–Crippen LogP) is 4.10. The molecule has 0 atom stereocenters. The Labute approximate surface area is 110 Å². The van der Waals surface area contributed by atoms with Gasteiger partial charge in [-0.05, 0) is 34.1 Å². The molecule has 1 aromatic heterocycles. The van der Waals surface area contributed by atoms with Gasteiger partial charge in [0.15, 0.2) is 0 Å². The highest BCUT2D eigenvalue weighted by Gasteiger charge is 2.04. The predicted molar refractivity (Wildman–Crippen MR) is 67.5 cm³/mol. The van der Waals surface area contributed by atoms with E-state index < -0.39 is 5.82 Å². The highest BCUT2D eigenvalue weighted by atomic mass is 79.9. The Morgan fingerprint density at radius 1 is 1.41 bits per heavy atom. The quantitative estimate of drug-likeness (QED) is 0.855. The fourth-order valence-corrected chi connectivity index (χ4v) is 2.62. The molecule has 0 aliphatic carbocycles. The van der Waals surface area contributed by atoms with E-state index in [9.17, 15) is 4.39 Å². The number of ether oxygens (including phenoxy) is 1. The fraction of sp³-hybridized carbons (Fsp3) is 0.0833. The molecule has 86 valence electrons. The largest absolute Gasteiger partial charge is 0.488 e. The molecule has 1 heterocycles. The molecule has 1 aromatic carbocycles. The van der Waals surface area contributed by atoms with Gasteiger partial charge in [0.25, 0.3) is 0 Å². The summed E-state index contributed by atoms with van der Waals surface area (Å²) in [6.45, 7) is 0.390. The number of hydrogen-bond acceptors (Lipinski definition) is 3. The number of halogens is 2. The van der Waals surface area contributed by atoms with Crippen LogP contribution in [0.5, 0.6) is 5.75 Å². The van der Waals surface area contributed by atoms with Crippen LogP contribution in [0.25, 0.3) is 0 Å². The van der Waals surface area contributed by atoms with Gasteiger partial charge < -0.3 is 4.74 Å². The molecule has 2 rings (SSSR count). The number of benzene rings is 1. The first-order valence-corrected chi connectivity index (χ1v) is 6.41. The molecule has 0 bridgehead atoms.